The van der Waals surface area contributed by atoms with Crippen LogP contribution in [0.3, 0.4) is 0 Å². The van der Waals surface area contributed by atoms with Crippen molar-refractivity contribution in [1.82, 2.24) is 4.98 Å². The minimum atomic E-state index is 0.655. The zero-order chi connectivity index (χ0) is 15.2. The first-order chi connectivity index (χ1) is 10.1. The summed E-state index contributed by atoms with van der Waals surface area (Å²) >= 11 is 0. The van der Waals surface area contributed by atoms with Gasteiger partial charge in [0.15, 0.2) is 0 Å². The minimum absolute atomic E-state index is 0.655. The number of rotatable bonds is 6. The first-order valence-corrected chi connectivity index (χ1v) is 7.13. The Morgan fingerprint density at radius 3 is 2.48 bits per heavy atom. The molecule has 0 amide bonds. The standard InChI is InChI=1S/C17H23N3O/c1-13-10-15(8-9-18)11-19-17(13)20(2)12-14-4-6-16(21-3)7-5-14/h4-7,10-11H,8-9,12,18H2,1-3H3. The number of hydrogen-bond acceptors (Lipinski definition) is 4. The number of hydrogen-bond donors (Lipinski definition) is 1. The lowest BCUT2D eigenvalue weighted by Crippen LogP contribution is -2.19. The molecule has 4 heteroatoms. The second kappa shape index (κ2) is 7.09. The van der Waals surface area contributed by atoms with Gasteiger partial charge in [0.2, 0.25) is 0 Å². The van der Waals surface area contributed by atoms with Crippen LogP contribution in [0.25, 0.3) is 0 Å². The van der Waals surface area contributed by atoms with Crippen molar-refractivity contribution in [3.05, 3.63) is 53.2 Å². The van der Waals surface area contributed by atoms with Crippen LogP contribution in [-0.4, -0.2) is 25.7 Å². The molecule has 112 valence electrons. The number of ether oxygens (including phenoxy) is 1. The molecule has 1 heterocycles. The van der Waals surface area contributed by atoms with Gasteiger partial charge in [-0.15, -0.1) is 0 Å². The van der Waals surface area contributed by atoms with Gasteiger partial charge in [0.25, 0.3) is 0 Å². The van der Waals surface area contributed by atoms with E-state index in [2.05, 4.69) is 42.1 Å². The second-order valence-electron chi connectivity index (χ2n) is 5.23. The number of benzene rings is 1. The fraction of sp³-hybridized carbons (Fsp3) is 0.353. The van der Waals surface area contributed by atoms with Crippen LogP contribution in [0.1, 0.15) is 16.7 Å². The molecule has 1 aromatic carbocycles. The quantitative estimate of drug-likeness (QED) is 0.886. The molecule has 0 aliphatic rings. The topological polar surface area (TPSA) is 51.4 Å². The van der Waals surface area contributed by atoms with Gasteiger partial charge in [-0.05, 0) is 48.7 Å². The molecule has 2 rings (SSSR count). The van der Waals surface area contributed by atoms with Crippen LogP contribution >= 0.6 is 0 Å². The van der Waals surface area contributed by atoms with Crippen LogP contribution < -0.4 is 15.4 Å². The first kappa shape index (κ1) is 15.3. The molecule has 0 spiro atoms. The number of nitrogens with zero attached hydrogens (tertiary/aromatic N) is 2. The van der Waals surface area contributed by atoms with E-state index in [9.17, 15) is 0 Å². The summed E-state index contributed by atoms with van der Waals surface area (Å²) in [6, 6.07) is 10.3. The summed E-state index contributed by atoms with van der Waals surface area (Å²) in [7, 11) is 3.74. The number of aryl methyl sites for hydroxylation is 1. The molecule has 0 fully saturated rings. The van der Waals surface area contributed by atoms with Crippen molar-refractivity contribution in [2.45, 2.75) is 19.9 Å². The fourth-order valence-corrected chi connectivity index (χ4v) is 2.41. The van der Waals surface area contributed by atoms with Gasteiger partial charge in [0.05, 0.1) is 7.11 Å². The molecule has 2 N–H and O–H groups in total. The zero-order valence-electron chi connectivity index (χ0n) is 13.0. The summed E-state index contributed by atoms with van der Waals surface area (Å²) in [5.41, 5.74) is 9.18. The average molecular weight is 285 g/mol. The zero-order valence-corrected chi connectivity index (χ0v) is 13.0. The summed E-state index contributed by atoms with van der Waals surface area (Å²) in [5.74, 6) is 1.88. The number of nitrogens with two attached hydrogens (primary N) is 1. The maximum absolute atomic E-state index is 5.59. The molecule has 0 aliphatic heterocycles. The predicted octanol–water partition coefficient (Wildman–Crippen LogP) is 2.54. The SMILES string of the molecule is COc1ccc(CN(C)c2ncc(CCN)cc2C)cc1. The highest BCUT2D eigenvalue weighted by molar-refractivity contribution is 5.47. The Kier molecular flexibility index (Phi) is 5.17. The van der Waals surface area contributed by atoms with Gasteiger partial charge in [-0.3, -0.25) is 0 Å². The van der Waals surface area contributed by atoms with E-state index in [0.717, 1.165) is 24.5 Å². The molecule has 0 atom stereocenters. The van der Waals surface area contributed by atoms with E-state index in [1.165, 1.54) is 16.7 Å². The third-order valence-electron chi connectivity index (χ3n) is 3.48. The summed E-state index contributed by atoms with van der Waals surface area (Å²) in [6.07, 6.45) is 2.79. The summed E-state index contributed by atoms with van der Waals surface area (Å²) in [6.45, 7) is 3.56. The molecule has 0 unspecified atom stereocenters. The lowest BCUT2D eigenvalue weighted by molar-refractivity contribution is 0.414. The van der Waals surface area contributed by atoms with Crippen molar-refractivity contribution in [2.24, 2.45) is 5.73 Å². The van der Waals surface area contributed by atoms with Gasteiger partial charge < -0.3 is 15.4 Å². The largest absolute Gasteiger partial charge is 0.497 e. The Morgan fingerprint density at radius 2 is 1.90 bits per heavy atom. The van der Waals surface area contributed by atoms with E-state index in [4.69, 9.17) is 10.5 Å². The van der Waals surface area contributed by atoms with Crippen molar-refractivity contribution in [1.29, 1.82) is 0 Å². The van der Waals surface area contributed by atoms with Crippen LogP contribution in [-0.2, 0) is 13.0 Å². The minimum Gasteiger partial charge on any atom is -0.497 e. The van der Waals surface area contributed by atoms with E-state index < -0.39 is 0 Å². The van der Waals surface area contributed by atoms with Crippen molar-refractivity contribution in [3.8, 4) is 5.75 Å². The highest BCUT2D eigenvalue weighted by Crippen LogP contribution is 2.20. The number of aromatic nitrogens is 1. The van der Waals surface area contributed by atoms with Gasteiger partial charge in [0.1, 0.15) is 11.6 Å². The van der Waals surface area contributed by atoms with E-state index in [0.29, 0.717) is 6.54 Å². The van der Waals surface area contributed by atoms with Crippen molar-refractivity contribution >= 4 is 5.82 Å². The van der Waals surface area contributed by atoms with Crippen LogP contribution in [0, 0.1) is 6.92 Å². The molecule has 4 nitrogen and oxygen atoms in total. The summed E-state index contributed by atoms with van der Waals surface area (Å²) in [4.78, 5) is 6.73. The maximum Gasteiger partial charge on any atom is 0.131 e. The van der Waals surface area contributed by atoms with Crippen LogP contribution in [0.15, 0.2) is 36.5 Å². The van der Waals surface area contributed by atoms with Crippen molar-refractivity contribution in [2.75, 3.05) is 25.6 Å². The Labute approximate surface area is 126 Å². The molecule has 0 saturated heterocycles. The molecular formula is C17H23N3O. The van der Waals surface area contributed by atoms with E-state index in [1.807, 2.05) is 18.3 Å². The monoisotopic (exact) mass is 285 g/mol. The van der Waals surface area contributed by atoms with Crippen molar-refractivity contribution in [3.63, 3.8) is 0 Å². The number of methoxy groups -OCH3 is 1. The van der Waals surface area contributed by atoms with E-state index in [-0.39, 0.29) is 0 Å². The highest BCUT2D eigenvalue weighted by atomic mass is 16.5. The maximum atomic E-state index is 5.59. The Morgan fingerprint density at radius 1 is 1.19 bits per heavy atom. The number of pyridine rings is 1. The highest BCUT2D eigenvalue weighted by Gasteiger charge is 2.08. The Bertz CT molecular complexity index is 581. The fourth-order valence-electron chi connectivity index (χ4n) is 2.41. The van der Waals surface area contributed by atoms with Gasteiger partial charge in [-0.2, -0.15) is 0 Å². The van der Waals surface area contributed by atoms with Gasteiger partial charge in [-0.25, -0.2) is 4.98 Å². The second-order valence-corrected chi connectivity index (χ2v) is 5.23. The average Bonchev–Trinajstić information content (AvgIpc) is 2.48. The van der Waals surface area contributed by atoms with Gasteiger partial charge in [-0.1, -0.05) is 18.2 Å². The lowest BCUT2D eigenvalue weighted by Gasteiger charge is -2.21. The molecule has 1 aromatic heterocycles. The molecular weight excluding hydrogens is 262 g/mol. The molecule has 0 saturated carbocycles. The smallest absolute Gasteiger partial charge is 0.131 e. The predicted molar refractivity (Wildman–Crippen MR) is 86.8 cm³/mol. The molecule has 2 aromatic rings. The van der Waals surface area contributed by atoms with Crippen LogP contribution in [0.5, 0.6) is 5.75 Å². The lowest BCUT2D eigenvalue weighted by atomic mass is 10.1. The first-order valence-electron chi connectivity index (χ1n) is 7.13. The molecule has 0 aliphatic carbocycles. The third-order valence-corrected chi connectivity index (χ3v) is 3.48. The van der Waals surface area contributed by atoms with Crippen molar-refractivity contribution < 1.29 is 4.74 Å². The third kappa shape index (κ3) is 3.95. The normalized spacial score (nSPS) is 10.5. The molecule has 21 heavy (non-hydrogen) atoms. The summed E-state index contributed by atoms with van der Waals surface area (Å²) in [5, 5.41) is 0. The number of anilines is 1. The Balaban J connectivity index is 2.10. The summed E-state index contributed by atoms with van der Waals surface area (Å²) < 4.78 is 5.18. The van der Waals surface area contributed by atoms with Gasteiger partial charge >= 0.3 is 0 Å². The Hall–Kier alpha value is -2.07. The van der Waals surface area contributed by atoms with Gasteiger partial charge in [0, 0.05) is 19.8 Å². The van der Waals surface area contributed by atoms with E-state index >= 15 is 0 Å². The van der Waals surface area contributed by atoms with Crippen LogP contribution in [0.2, 0.25) is 0 Å². The molecule has 0 radical (unpaired) electrons. The van der Waals surface area contributed by atoms with Crippen LogP contribution in [0.4, 0.5) is 5.82 Å². The van der Waals surface area contributed by atoms with E-state index in [1.54, 1.807) is 7.11 Å². The molecule has 0 bridgehead atoms.